The summed E-state index contributed by atoms with van der Waals surface area (Å²) < 4.78 is 0.818. The smallest absolute Gasteiger partial charge is 0.233 e. The fourth-order valence-corrected chi connectivity index (χ4v) is 3.70. The summed E-state index contributed by atoms with van der Waals surface area (Å²) in [6, 6.07) is 8.14. The number of thioether (sulfide) groups is 1. The van der Waals surface area contributed by atoms with Gasteiger partial charge in [-0.25, -0.2) is 0 Å². The number of amides is 1. The van der Waals surface area contributed by atoms with Crippen molar-refractivity contribution in [1.82, 2.24) is 15.1 Å². The Morgan fingerprint density at radius 2 is 2.08 bits per heavy atom. The first-order chi connectivity index (χ1) is 11.5. The predicted octanol–water partition coefficient (Wildman–Crippen LogP) is 3.67. The van der Waals surface area contributed by atoms with Crippen LogP contribution >= 0.6 is 23.1 Å². The number of hydrogen-bond acceptors (Lipinski definition) is 6. The Balaban J connectivity index is 1.81. The molecule has 0 aliphatic heterocycles. The van der Waals surface area contributed by atoms with Crippen molar-refractivity contribution in [3.8, 4) is 0 Å². The molecule has 0 saturated heterocycles. The lowest BCUT2D eigenvalue weighted by molar-refractivity contribution is -0.127. The highest BCUT2D eigenvalue weighted by atomic mass is 32.2. The van der Waals surface area contributed by atoms with Crippen molar-refractivity contribution in [1.29, 1.82) is 0 Å². The van der Waals surface area contributed by atoms with E-state index in [0.29, 0.717) is 18.2 Å². The zero-order chi connectivity index (χ0) is 17.5. The maximum absolute atomic E-state index is 12.3. The molecule has 0 aliphatic carbocycles. The second kappa shape index (κ2) is 9.03. The van der Waals surface area contributed by atoms with Crippen molar-refractivity contribution in [2.75, 3.05) is 24.7 Å². The number of anilines is 1. The van der Waals surface area contributed by atoms with Crippen LogP contribution in [0.1, 0.15) is 25.0 Å². The van der Waals surface area contributed by atoms with E-state index in [4.69, 9.17) is 0 Å². The summed E-state index contributed by atoms with van der Waals surface area (Å²) in [5.41, 5.74) is 2.38. The molecule has 24 heavy (non-hydrogen) atoms. The van der Waals surface area contributed by atoms with Crippen LogP contribution < -0.4 is 5.32 Å². The van der Waals surface area contributed by atoms with Crippen LogP contribution in [0.25, 0.3) is 0 Å². The molecule has 1 N–H and O–H groups in total. The lowest BCUT2D eigenvalue weighted by Crippen LogP contribution is -2.28. The van der Waals surface area contributed by atoms with E-state index >= 15 is 0 Å². The molecule has 7 heteroatoms. The summed E-state index contributed by atoms with van der Waals surface area (Å²) >= 11 is 2.93. The molecule has 5 nitrogen and oxygen atoms in total. The van der Waals surface area contributed by atoms with Gasteiger partial charge in [-0.2, -0.15) is 0 Å². The third-order valence-corrected chi connectivity index (χ3v) is 5.48. The summed E-state index contributed by atoms with van der Waals surface area (Å²) in [6.45, 7) is 7.86. The highest BCUT2D eigenvalue weighted by Crippen LogP contribution is 2.25. The van der Waals surface area contributed by atoms with Gasteiger partial charge in [0, 0.05) is 20.1 Å². The fraction of sp³-hybridized carbons (Fsp3) is 0.471. The Morgan fingerprint density at radius 1 is 1.33 bits per heavy atom. The van der Waals surface area contributed by atoms with Gasteiger partial charge in [0.25, 0.3) is 0 Å². The van der Waals surface area contributed by atoms with Gasteiger partial charge < -0.3 is 10.2 Å². The number of benzene rings is 1. The number of nitrogens with one attached hydrogen (secondary N) is 1. The molecular formula is C17H24N4OS2. The standard InChI is InChI=1S/C17H24N4OS2/c1-12(2)9-18-16-19-20-17(24-16)23-11-15(22)21(4)10-14-8-6-5-7-13(14)3/h5-8,12H,9-11H2,1-4H3,(H,18,19). The first kappa shape index (κ1) is 18.7. The molecule has 1 aromatic carbocycles. The Morgan fingerprint density at radius 3 is 2.79 bits per heavy atom. The average Bonchev–Trinajstić information content (AvgIpc) is 3.00. The fourth-order valence-electron chi connectivity index (χ4n) is 2.00. The molecule has 0 aliphatic rings. The van der Waals surface area contributed by atoms with Gasteiger partial charge in [-0.3, -0.25) is 4.79 Å². The molecule has 0 bridgehead atoms. The minimum atomic E-state index is 0.0927. The lowest BCUT2D eigenvalue weighted by Gasteiger charge is -2.18. The second-order valence-electron chi connectivity index (χ2n) is 6.11. The Labute approximate surface area is 151 Å². The summed E-state index contributed by atoms with van der Waals surface area (Å²) in [6.07, 6.45) is 0. The first-order valence-electron chi connectivity index (χ1n) is 7.94. The van der Waals surface area contributed by atoms with Crippen LogP contribution in [0.4, 0.5) is 5.13 Å². The summed E-state index contributed by atoms with van der Waals surface area (Å²) in [5, 5.41) is 12.3. The second-order valence-corrected chi connectivity index (χ2v) is 8.31. The lowest BCUT2D eigenvalue weighted by atomic mass is 10.1. The number of aromatic nitrogens is 2. The summed E-state index contributed by atoms with van der Waals surface area (Å²) in [7, 11) is 1.84. The maximum Gasteiger partial charge on any atom is 0.233 e. The predicted molar refractivity (Wildman–Crippen MR) is 102 cm³/mol. The molecule has 0 unspecified atom stereocenters. The van der Waals surface area contributed by atoms with E-state index < -0.39 is 0 Å². The van der Waals surface area contributed by atoms with Gasteiger partial charge in [0.05, 0.1) is 5.75 Å². The van der Waals surface area contributed by atoms with Gasteiger partial charge in [0.2, 0.25) is 11.0 Å². The van der Waals surface area contributed by atoms with Crippen LogP contribution in [0.15, 0.2) is 28.6 Å². The molecule has 0 atom stereocenters. The van der Waals surface area contributed by atoms with Crippen molar-refractivity contribution in [2.24, 2.45) is 5.92 Å². The van der Waals surface area contributed by atoms with Gasteiger partial charge in [-0.15, -0.1) is 10.2 Å². The third-order valence-electron chi connectivity index (χ3n) is 3.48. The number of nitrogens with zero attached hydrogens (tertiary/aromatic N) is 3. The first-order valence-corrected chi connectivity index (χ1v) is 9.74. The van der Waals surface area contributed by atoms with Gasteiger partial charge in [-0.1, -0.05) is 61.2 Å². The van der Waals surface area contributed by atoms with E-state index in [1.54, 1.807) is 4.90 Å². The molecule has 0 saturated carbocycles. The summed E-state index contributed by atoms with van der Waals surface area (Å²) in [4.78, 5) is 14.1. The third kappa shape index (κ3) is 5.79. The average molecular weight is 365 g/mol. The van der Waals surface area contributed by atoms with Crippen LogP contribution in [0.5, 0.6) is 0 Å². The molecule has 130 valence electrons. The molecule has 0 spiro atoms. The highest BCUT2D eigenvalue weighted by Gasteiger charge is 2.13. The van der Waals surface area contributed by atoms with E-state index in [9.17, 15) is 4.79 Å². The molecular weight excluding hydrogens is 340 g/mol. The van der Waals surface area contributed by atoms with Crippen LogP contribution in [-0.2, 0) is 11.3 Å². The molecule has 2 rings (SSSR count). The monoisotopic (exact) mass is 364 g/mol. The Bertz CT molecular complexity index is 672. The molecule has 2 aromatic rings. The molecule has 0 fully saturated rings. The Kier molecular flexibility index (Phi) is 7.05. The number of hydrogen-bond donors (Lipinski definition) is 1. The van der Waals surface area contributed by atoms with E-state index in [0.717, 1.165) is 16.0 Å². The van der Waals surface area contributed by atoms with E-state index in [1.807, 2.05) is 19.2 Å². The highest BCUT2D eigenvalue weighted by molar-refractivity contribution is 8.01. The van der Waals surface area contributed by atoms with Crippen molar-refractivity contribution in [3.63, 3.8) is 0 Å². The molecule has 1 heterocycles. The van der Waals surface area contributed by atoms with Gasteiger partial charge in [-0.05, 0) is 24.0 Å². The SMILES string of the molecule is Cc1ccccc1CN(C)C(=O)CSc1nnc(NCC(C)C)s1. The molecule has 1 aromatic heterocycles. The zero-order valence-electron chi connectivity index (χ0n) is 14.6. The zero-order valence-corrected chi connectivity index (χ0v) is 16.2. The number of carbonyl (C=O) groups excluding carboxylic acids is 1. The quantitative estimate of drug-likeness (QED) is 0.724. The normalized spacial score (nSPS) is 10.9. The van der Waals surface area contributed by atoms with Crippen LogP contribution in [0.2, 0.25) is 0 Å². The molecule has 1 amide bonds. The number of aryl methyl sites for hydroxylation is 1. The maximum atomic E-state index is 12.3. The van der Waals surface area contributed by atoms with Gasteiger partial charge in [0.1, 0.15) is 0 Å². The van der Waals surface area contributed by atoms with E-state index in [2.05, 4.69) is 48.4 Å². The van der Waals surface area contributed by atoms with E-state index in [1.165, 1.54) is 34.2 Å². The van der Waals surface area contributed by atoms with Crippen LogP contribution in [0, 0.1) is 12.8 Å². The van der Waals surface area contributed by atoms with Gasteiger partial charge in [0.15, 0.2) is 4.34 Å². The summed E-state index contributed by atoms with van der Waals surface area (Å²) in [5.74, 6) is 1.03. The van der Waals surface area contributed by atoms with Gasteiger partial charge >= 0.3 is 0 Å². The Hall–Kier alpha value is -1.60. The van der Waals surface area contributed by atoms with Crippen LogP contribution in [0.3, 0.4) is 0 Å². The van der Waals surface area contributed by atoms with Crippen molar-refractivity contribution in [3.05, 3.63) is 35.4 Å². The largest absolute Gasteiger partial charge is 0.360 e. The number of rotatable bonds is 8. The van der Waals surface area contributed by atoms with Crippen LogP contribution in [-0.4, -0.2) is 40.3 Å². The van der Waals surface area contributed by atoms with Crippen molar-refractivity contribution >= 4 is 34.1 Å². The minimum absolute atomic E-state index is 0.0927. The molecule has 0 radical (unpaired) electrons. The topological polar surface area (TPSA) is 58.1 Å². The minimum Gasteiger partial charge on any atom is -0.360 e. The van der Waals surface area contributed by atoms with E-state index in [-0.39, 0.29) is 5.91 Å². The number of carbonyl (C=O) groups is 1. The van der Waals surface area contributed by atoms with Crippen molar-refractivity contribution in [2.45, 2.75) is 31.7 Å². The van der Waals surface area contributed by atoms with Crippen molar-refractivity contribution < 1.29 is 4.79 Å².